The summed E-state index contributed by atoms with van der Waals surface area (Å²) in [5, 5.41) is 32.9. The monoisotopic (exact) mass is 370 g/mol. The fraction of sp³-hybridized carbons (Fsp3) is 0.0667. The average Bonchev–Trinajstić information content (AvgIpc) is 2.55. The SMILES string of the molecule is COc1ccc(Cl)cc1C(=O)NNc1ccc(O)c(O)c1.O=C(O)O. The van der Waals surface area contributed by atoms with Gasteiger partial charge in [0.2, 0.25) is 0 Å². The molecule has 2 rings (SSSR count). The fourth-order valence-corrected chi connectivity index (χ4v) is 1.83. The van der Waals surface area contributed by atoms with Crippen LogP contribution in [0.1, 0.15) is 10.4 Å². The second-order valence-corrected chi connectivity index (χ2v) is 4.85. The first-order chi connectivity index (χ1) is 11.7. The molecule has 0 bridgehead atoms. The number of hydrogen-bond donors (Lipinski definition) is 6. The van der Waals surface area contributed by atoms with Crippen molar-refractivity contribution in [2.24, 2.45) is 0 Å². The minimum atomic E-state index is -1.83. The predicted octanol–water partition coefficient (Wildman–Crippen LogP) is 2.74. The summed E-state index contributed by atoms with van der Waals surface area (Å²) in [7, 11) is 1.45. The number of phenols is 2. The van der Waals surface area contributed by atoms with Crippen LogP contribution in [0.15, 0.2) is 36.4 Å². The van der Waals surface area contributed by atoms with Crippen molar-refractivity contribution in [2.45, 2.75) is 0 Å². The zero-order valence-electron chi connectivity index (χ0n) is 12.9. The van der Waals surface area contributed by atoms with Crippen LogP contribution < -0.4 is 15.6 Å². The van der Waals surface area contributed by atoms with Gasteiger partial charge < -0.3 is 25.2 Å². The molecule has 6 N–H and O–H groups in total. The molecule has 0 aliphatic heterocycles. The van der Waals surface area contributed by atoms with E-state index in [-0.39, 0.29) is 17.1 Å². The summed E-state index contributed by atoms with van der Waals surface area (Å²) in [6.07, 6.45) is -1.83. The lowest BCUT2D eigenvalue weighted by Gasteiger charge is -2.12. The summed E-state index contributed by atoms with van der Waals surface area (Å²) >= 11 is 5.86. The molecular formula is C15H15ClN2O7. The van der Waals surface area contributed by atoms with Gasteiger partial charge in [0.05, 0.1) is 18.4 Å². The Balaban J connectivity index is 0.000000705. The number of carbonyl (C=O) groups excluding carboxylic acids is 1. The smallest absolute Gasteiger partial charge is 0.503 e. The third kappa shape index (κ3) is 6.36. The van der Waals surface area contributed by atoms with Crippen molar-refractivity contribution >= 4 is 29.4 Å². The largest absolute Gasteiger partial charge is 0.504 e. The Morgan fingerprint density at radius 1 is 1.04 bits per heavy atom. The summed E-state index contributed by atoms with van der Waals surface area (Å²) in [6.45, 7) is 0. The molecule has 2 aromatic rings. The van der Waals surface area contributed by atoms with Gasteiger partial charge in [-0.25, -0.2) is 4.79 Å². The van der Waals surface area contributed by atoms with E-state index in [0.717, 1.165) is 0 Å². The van der Waals surface area contributed by atoms with Gasteiger partial charge in [0, 0.05) is 11.1 Å². The van der Waals surface area contributed by atoms with Crippen LogP contribution in [-0.4, -0.2) is 39.6 Å². The van der Waals surface area contributed by atoms with E-state index in [2.05, 4.69) is 10.9 Å². The highest BCUT2D eigenvalue weighted by Gasteiger charge is 2.12. The van der Waals surface area contributed by atoms with E-state index in [4.69, 9.17) is 31.3 Å². The van der Waals surface area contributed by atoms with Crippen LogP contribution in [0.2, 0.25) is 5.02 Å². The van der Waals surface area contributed by atoms with Gasteiger partial charge in [-0.05, 0) is 30.3 Å². The summed E-state index contributed by atoms with van der Waals surface area (Å²) < 4.78 is 5.09. The summed E-state index contributed by atoms with van der Waals surface area (Å²) in [4.78, 5) is 20.6. The number of methoxy groups -OCH3 is 1. The van der Waals surface area contributed by atoms with E-state index in [1.165, 1.54) is 31.4 Å². The molecule has 0 saturated carbocycles. The van der Waals surface area contributed by atoms with Crippen molar-refractivity contribution in [1.82, 2.24) is 5.43 Å². The molecule has 0 aromatic heterocycles. The van der Waals surface area contributed by atoms with Gasteiger partial charge in [0.1, 0.15) is 5.75 Å². The van der Waals surface area contributed by atoms with Gasteiger partial charge in [0.25, 0.3) is 5.91 Å². The molecule has 0 atom stereocenters. The first-order valence-corrected chi connectivity index (χ1v) is 6.96. The molecule has 0 radical (unpaired) electrons. The molecule has 0 spiro atoms. The maximum atomic E-state index is 12.1. The average molecular weight is 371 g/mol. The molecule has 0 aliphatic rings. The van der Waals surface area contributed by atoms with Crippen molar-refractivity contribution in [3.05, 3.63) is 47.0 Å². The molecule has 1 amide bonds. The third-order valence-corrected chi connectivity index (χ3v) is 2.94. The Labute approximate surface area is 147 Å². The third-order valence-electron chi connectivity index (χ3n) is 2.70. The van der Waals surface area contributed by atoms with Gasteiger partial charge in [0.15, 0.2) is 11.5 Å². The molecule has 0 unspecified atom stereocenters. The molecule has 134 valence electrons. The molecule has 2 aromatic carbocycles. The predicted molar refractivity (Wildman–Crippen MR) is 89.5 cm³/mol. The lowest BCUT2D eigenvalue weighted by atomic mass is 10.2. The number of benzene rings is 2. The Bertz CT molecular complexity index is 764. The van der Waals surface area contributed by atoms with Crippen molar-refractivity contribution in [3.63, 3.8) is 0 Å². The van der Waals surface area contributed by atoms with E-state index in [0.29, 0.717) is 16.5 Å². The van der Waals surface area contributed by atoms with Gasteiger partial charge in [-0.3, -0.25) is 15.6 Å². The number of carboxylic acid groups (broad SMARTS) is 2. The first-order valence-electron chi connectivity index (χ1n) is 6.58. The summed E-state index contributed by atoms with van der Waals surface area (Å²) in [5.74, 6) is -0.618. The number of rotatable bonds is 4. The zero-order chi connectivity index (χ0) is 19.0. The van der Waals surface area contributed by atoms with Gasteiger partial charge >= 0.3 is 6.16 Å². The standard InChI is InChI=1S/C14H13ClN2O4.CH2O3/c1-21-13-5-2-8(15)6-10(13)14(20)17-16-9-3-4-11(18)12(19)7-9;2-1(3)4/h2-7,16,18-19H,1H3,(H,17,20);(H2,2,3,4). The van der Waals surface area contributed by atoms with Gasteiger partial charge in [-0.2, -0.15) is 0 Å². The highest BCUT2D eigenvalue weighted by molar-refractivity contribution is 6.31. The molecule has 25 heavy (non-hydrogen) atoms. The van der Waals surface area contributed by atoms with Crippen LogP contribution in [-0.2, 0) is 0 Å². The number of carbonyl (C=O) groups is 2. The maximum absolute atomic E-state index is 12.1. The number of anilines is 1. The fourth-order valence-electron chi connectivity index (χ4n) is 1.66. The lowest BCUT2D eigenvalue weighted by molar-refractivity contribution is 0.0959. The molecule has 0 fully saturated rings. The number of hydrazine groups is 1. The van der Waals surface area contributed by atoms with Crippen LogP contribution in [0.25, 0.3) is 0 Å². The van der Waals surface area contributed by atoms with E-state index < -0.39 is 12.1 Å². The molecule has 9 nitrogen and oxygen atoms in total. The highest BCUT2D eigenvalue weighted by Crippen LogP contribution is 2.27. The van der Waals surface area contributed by atoms with E-state index >= 15 is 0 Å². The topological polar surface area (TPSA) is 148 Å². The van der Waals surface area contributed by atoms with Crippen molar-refractivity contribution in [3.8, 4) is 17.2 Å². The number of aromatic hydroxyl groups is 2. The first kappa shape index (κ1) is 19.7. The van der Waals surface area contributed by atoms with Crippen molar-refractivity contribution in [2.75, 3.05) is 12.5 Å². The highest BCUT2D eigenvalue weighted by atomic mass is 35.5. The minimum Gasteiger partial charge on any atom is -0.504 e. The van der Waals surface area contributed by atoms with Gasteiger partial charge in [-0.1, -0.05) is 11.6 Å². The minimum absolute atomic E-state index is 0.247. The number of halogens is 1. The van der Waals surface area contributed by atoms with Crippen LogP contribution in [0.3, 0.4) is 0 Å². The van der Waals surface area contributed by atoms with Crippen molar-refractivity contribution in [1.29, 1.82) is 0 Å². The molecule has 0 heterocycles. The Hall–Kier alpha value is -3.33. The molecule has 0 saturated heterocycles. The van der Waals surface area contributed by atoms with Crippen LogP contribution in [0, 0.1) is 0 Å². The van der Waals surface area contributed by atoms with E-state index in [1.54, 1.807) is 12.1 Å². The van der Waals surface area contributed by atoms with Crippen LogP contribution >= 0.6 is 11.6 Å². The van der Waals surface area contributed by atoms with Crippen LogP contribution in [0.5, 0.6) is 17.2 Å². The van der Waals surface area contributed by atoms with E-state index in [1.807, 2.05) is 0 Å². The molecule has 10 heteroatoms. The lowest BCUT2D eigenvalue weighted by Crippen LogP contribution is -2.29. The second-order valence-electron chi connectivity index (χ2n) is 4.41. The normalized spacial score (nSPS) is 9.36. The van der Waals surface area contributed by atoms with Crippen molar-refractivity contribution < 1.29 is 34.8 Å². The van der Waals surface area contributed by atoms with Crippen LogP contribution in [0.4, 0.5) is 10.5 Å². The number of ether oxygens (including phenoxy) is 1. The number of nitrogens with one attached hydrogen (secondary N) is 2. The second kappa shape index (κ2) is 9.08. The van der Waals surface area contributed by atoms with E-state index in [9.17, 15) is 15.0 Å². The Kier molecular flexibility index (Phi) is 7.16. The maximum Gasteiger partial charge on any atom is 0.503 e. The summed E-state index contributed by atoms with van der Waals surface area (Å²) in [6, 6.07) is 8.73. The summed E-state index contributed by atoms with van der Waals surface area (Å²) in [5.41, 5.74) is 5.72. The number of phenolic OH excluding ortho intramolecular Hbond substituents is 2. The molecule has 0 aliphatic carbocycles. The van der Waals surface area contributed by atoms with Gasteiger partial charge in [-0.15, -0.1) is 0 Å². The number of hydrogen-bond acceptors (Lipinski definition) is 6. The zero-order valence-corrected chi connectivity index (χ0v) is 13.6. The number of amides is 1. The Morgan fingerprint density at radius 2 is 1.68 bits per heavy atom. The molecular weight excluding hydrogens is 356 g/mol. The Morgan fingerprint density at radius 3 is 2.24 bits per heavy atom. The quantitative estimate of drug-likeness (QED) is 0.273.